The fourth-order valence-corrected chi connectivity index (χ4v) is 2.09. The zero-order valence-corrected chi connectivity index (χ0v) is 10.9. The summed E-state index contributed by atoms with van der Waals surface area (Å²) in [5.41, 5.74) is 5.85. The van der Waals surface area contributed by atoms with Gasteiger partial charge in [0.05, 0.1) is 6.04 Å². The minimum atomic E-state index is -0.0597. The van der Waals surface area contributed by atoms with Gasteiger partial charge >= 0.3 is 0 Å². The van der Waals surface area contributed by atoms with Gasteiger partial charge < -0.3 is 11.1 Å². The Balaban J connectivity index is 2.40. The standard InChI is InChI=1S/C12H20N2OS/c1-8(2)10(13)7-12(15)14-9(3)11-5-4-6-16-11/h4-6,8-10H,7,13H2,1-3H3,(H,14,15). The Morgan fingerprint density at radius 2 is 2.19 bits per heavy atom. The fourth-order valence-electron chi connectivity index (χ4n) is 1.36. The molecule has 1 amide bonds. The summed E-state index contributed by atoms with van der Waals surface area (Å²) in [5, 5.41) is 4.97. The highest BCUT2D eigenvalue weighted by atomic mass is 32.1. The molecule has 0 saturated heterocycles. The number of nitrogens with two attached hydrogens (primary N) is 1. The van der Waals surface area contributed by atoms with Crippen molar-refractivity contribution >= 4 is 17.2 Å². The monoisotopic (exact) mass is 240 g/mol. The van der Waals surface area contributed by atoms with E-state index in [9.17, 15) is 4.79 Å². The van der Waals surface area contributed by atoms with E-state index in [2.05, 4.69) is 5.32 Å². The number of nitrogens with one attached hydrogen (secondary N) is 1. The van der Waals surface area contributed by atoms with Gasteiger partial charge in [0.15, 0.2) is 0 Å². The van der Waals surface area contributed by atoms with Crippen LogP contribution in [0.3, 0.4) is 0 Å². The van der Waals surface area contributed by atoms with Crippen LogP contribution in [-0.2, 0) is 4.79 Å². The van der Waals surface area contributed by atoms with Crippen molar-refractivity contribution in [2.75, 3.05) is 0 Å². The van der Waals surface area contributed by atoms with Gasteiger partial charge in [-0.15, -0.1) is 11.3 Å². The molecule has 2 unspecified atom stereocenters. The first-order valence-electron chi connectivity index (χ1n) is 5.59. The number of hydrogen-bond acceptors (Lipinski definition) is 3. The van der Waals surface area contributed by atoms with Gasteiger partial charge in [-0.2, -0.15) is 0 Å². The van der Waals surface area contributed by atoms with Gasteiger partial charge in [0.2, 0.25) is 5.91 Å². The largest absolute Gasteiger partial charge is 0.349 e. The second-order valence-corrected chi connectivity index (χ2v) is 5.40. The van der Waals surface area contributed by atoms with Crippen LogP contribution in [-0.4, -0.2) is 11.9 Å². The zero-order valence-electron chi connectivity index (χ0n) is 10.1. The number of amides is 1. The van der Waals surface area contributed by atoms with Crippen molar-refractivity contribution in [2.24, 2.45) is 11.7 Å². The first kappa shape index (κ1) is 13.2. The maximum absolute atomic E-state index is 11.7. The third-order valence-electron chi connectivity index (χ3n) is 2.62. The van der Waals surface area contributed by atoms with Crippen LogP contribution in [0.5, 0.6) is 0 Å². The normalized spacial score (nSPS) is 14.8. The molecule has 0 saturated carbocycles. The average Bonchev–Trinajstić information content (AvgIpc) is 2.69. The van der Waals surface area contributed by atoms with E-state index < -0.39 is 0 Å². The molecule has 0 bridgehead atoms. The van der Waals surface area contributed by atoms with Crippen molar-refractivity contribution in [1.82, 2.24) is 5.32 Å². The summed E-state index contributed by atoms with van der Waals surface area (Å²) in [6.45, 7) is 6.05. The highest BCUT2D eigenvalue weighted by Crippen LogP contribution is 2.18. The average molecular weight is 240 g/mol. The van der Waals surface area contributed by atoms with Crippen LogP contribution in [0.1, 0.15) is 38.1 Å². The molecule has 0 aliphatic rings. The molecule has 0 spiro atoms. The van der Waals surface area contributed by atoms with Crippen molar-refractivity contribution in [3.8, 4) is 0 Å². The molecule has 1 heterocycles. The maximum Gasteiger partial charge on any atom is 0.222 e. The summed E-state index contributed by atoms with van der Waals surface area (Å²) in [5.74, 6) is 0.366. The summed E-state index contributed by atoms with van der Waals surface area (Å²) >= 11 is 1.65. The Bertz CT molecular complexity index is 322. The molecule has 1 aromatic heterocycles. The van der Waals surface area contributed by atoms with E-state index in [1.54, 1.807) is 11.3 Å². The van der Waals surface area contributed by atoms with Crippen LogP contribution in [0.25, 0.3) is 0 Å². The summed E-state index contributed by atoms with van der Waals surface area (Å²) in [6, 6.07) is 4.03. The molecule has 0 aliphatic carbocycles. The summed E-state index contributed by atoms with van der Waals surface area (Å²) in [7, 11) is 0. The fraction of sp³-hybridized carbons (Fsp3) is 0.583. The Kier molecular flexibility index (Phi) is 4.96. The van der Waals surface area contributed by atoms with Gasteiger partial charge in [-0.05, 0) is 24.3 Å². The van der Waals surface area contributed by atoms with Crippen LogP contribution in [0.15, 0.2) is 17.5 Å². The number of hydrogen-bond donors (Lipinski definition) is 2. The van der Waals surface area contributed by atoms with Gasteiger partial charge in [0, 0.05) is 17.3 Å². The van der Waals surface area contributed by atoms with E-state index in [-0.39, 0.29) is 18.0 Å². The Morgan fingerprint density at radius 3 is 2.69 bits per heavy atom. The van der Waals surface area contributed by atoms with Crippen LogP contribution in [0.4, 0.5) is 0 Å². The molecule has 0 radical (unpaired) electrons. The van der Waals surface area contributed by atoms with E-state index in [4.69, 9.17) is 5.73 Å². The van der Waals surface area contributed by atoms with Gasteiger partial charge in [-0.1, -0.05) is 19.9 Å². The molecule has 3 N–H and O–H groups in total. The van der Waals surface area contributed by atoms with Gasteiger partial charge in [-0.25, -0.2) is 0 Å². The van der Waals surface area contributed by atoms with Crippen molar-refractivity contribution in [1.29, 1.82) is 0 Å². The van der Waals surface area contributed by atoms with Crippen LogP contribution in [0.2, 0.25) is 0 Å². The topological polar surface area (TPSA) is 55.1 Å². The van der Waals surface area contributed by atoms with Crippen molar-refractivity contribution in [3.63, 3.8) is 0 Å². The first-order valence-corrected chi connectivity index (χ1v) is 6.47. The van der Waals surface area contributed by atoms with Gasteiger partial charge in [0.25, 0.3) is 0 Å². The van der Waals surface area contributed by atoms with E-state index in [1.165, 1.54) is 4.88 Å². The minimum absolute atomic E-state index is 0.0297. The number of rotatable bonds is 5. The summed E-state index contributed by atoms with van der Waals surface area (Å²) in [4.78, 5) is 12.8. The second-order valence-electron chi connectivity index (χ2n) is 4.42. The Morgan fingerprint density at radius 1 is 1.50 bits per heavy atom. The van der Waals surface area contributed by atoms with E-state index in [0.29, 0.717) is 12.3 Å². The molecular weight excluding hydrogens is 220 g/mol. The molecule has 2 atom stereocenters. The minimum Gasteiger partial charge on any atom is -0.349 e. The molecule has 0 aromatic carbocycles. The summed E-state index contributed by atoms with van der Waals surface area (Å²) in [6.07, 6.45) is 0.396. The van der Waals surface area contributed by atoms with E-state index in [1.807, 2.05) is 38.3 Å². The lowest BCUT2D eigenvalue weighted by atomic mass is 10.0. The highest BCUT2D eigenvalue weighted by Gasteiger charge is 2.15. The lowest BCUT2D eigenvalue weighted by Gasteiger charge is -2.17. The van der Waals surface area contributed by atoms with Crippen LogP contribution >= 0.6 is 11.3 Å². The van der Waals surface area contributed by atoms with Crippen LogP contribution in [0, 0.1) is 5.92 Å². The molecular formula is C12H20N2OS. The smallest absolute Gasteiger partial charge is 0.222 e. The maximum atomic E-state index is 11.7. The zero-order chi connectivity index (χ0) is 12.1. The van der Waals surface area contributed by atoms with Crippen molar-refractivity contribution in [2.45, 2.75) is 39.3 Å². The lowest BCUT2D eigenvalue weighted by Crippen LogP contribution is -2.35. The summed E-state index contributed by atoms with van der Waals surface area (Å²) < 4.78 is 0. The molecule has 1 aromatic rings. The molecule has 4 heteroatoms. The molecule has 0 aliphatic heterocycles. The highest BCUT2D eigenvalue weighted by molar-refractivity contribution is 7.10. The SMILES string of the molecule is CC(NC(=O)CC(N)C(C)C)c1cccs1. The van der Waals surface area contributed by atoms with Gasteiger partial charge in [-0.3, -0.25) is 4.79 Å². The van der Waals surface area contributed by atoms with E-state index >= 15 is 0 Å². The quantitative estimate of drug-likeness (QED) is 0.829. The third kappa shape index (κ3) is 3.94. The lowest BCUT2D eigenvalue weighted by molar-refractivity contribution is -0.122. The molecule has 16 heavy (non-hydrogen) atoms. The second kappa shape index (κ2) is 6.01. The van der Waals surface area contributed by atoms with Gasteiger partial charge in [0.1, 0.15) is 0 Å². The number of carbonyl (C=O) groups excluding carboxylic acids is 1. The predicted molar refractivity (Wildman–Crippen MR) is 68.3 cm³/mol. The molecule has 1 rings (SSSR count). The van der Waals surface area contributed by atoms with Crippen LogP contribution < -0.4 is 11.1 Å². The predicted octanol–water partition coefficient (Wildman–Crippen LogP) is 2.30. The number of thiophene rings is 1. The first-order chi connectivity index (χ1) is 7.50. The Hall–Kier alpha value is -0.870. The third-order valence-corrected chi connectivity index (χ3v) is 3.68. The van der Waals surface area contributed by atoms with Crippen molar-refractivity contribution in [3.05, 3.63) is 22.4 Å². The molecule has 90 valence electrons. The Labute approximate surface area is 101 Å². The molecule has 0 fully saturated rings. The van der Waals surface area contributed by atoms with Crippen molar-refractivity contribution < 1.29 is 4.79 Å². The molecule has 3 nitrogen and oxygen atoms in total. The van der Waals surface area contributed by atoms with E-state index in [0.717, 1.165) is 0 Å². The number of carbonyl (C=O) groups is 1.